The van der Waals surface area contributed by atoms with E-state index in [1.807, 2.05) is 80.6 Å². The molecule has 11 heteroatoms. The van der Waals surface area contributed by atoms with Crippen LogP contribution in [0, 0.1) is 5.92 Å². The molecule has 4 aromatic rings. The zero-order chi connectivity index (χ0) is 31.4. The number of fused-ring (bicyclic) bond motifs is 4. The minimum absolute atomic E-state index is 0.0793. The number of para-hydroxylation sites is 1. The van der Waals surface area contributed by atoms with Crippen LogP contribution < -0.4 is 20.7 Å². The predicted molar refractivity (Wildman–Crippen MR) is 168 cm³/mol. The van der Waals surface area contributed by atoms with Crippen molar-refractivity contribution in [1.82, 2.24) is 15.6 Å². The third kappa shape index (κ3) is 4.48. The fourth-order valence-electron chi connectivity index (χ4n) is 6.83. The fourth-order valence-corrected chi connectivity index (χ4v) is 6.83. The highest BCUT2D eigenvalue weighted by Crippen LogP contribution is 2.58. The van der Waals surface area contributed by atoms with Gasteiger partial charge in [-0.25, -0.2) is 14.8 Å². The Bertz CT molecular complexity index is 1870. The van der Waals surface area contributed by atoms with E-state index in [2.05, 4.69) is 27.0 Å². The van der Waals surface area contributed by atoms with Crippen molar-refractivity contribution >= 4 is 23.6 Å². The first-order valence-corrected chi connectivity index (χ1v) is 15.5. The smallest absolute Gasteiger partial charge is 0.408 e. The SMILES string of the molecule is CC(C)[C@@H]1NC(=O)[C@@H](NC(=O)OCc2ccccc2)Cc2ccc3c(c2)[C@@]2(c4ccccc4NC2O3)c2oc1nc2C1=NCCO1. The standard InChI is InChI=1S/C35H33N5O6/c1-19(2)27-32-40-28(31-36-14-15-43-31)29(46-32)35-22-10-6-7-11-24(22)37-33(35)45-26-13-12-21(16-23(26)35)17-25(30(41)39-27)38-34(42)44-18-20-8-4-3-5-9-20/h3-13,16,19,25,27,33,37H,14-15,17-18H2,1-2H3,(H,38,42)(H,39,41)/t25-,27-,33?,35-/m0/s1. The lowest BCUT2D eigenvalue weighted by Crippen LogP contribution is -2.49. The molecular weight excluding hydrogens is 586 g/mol. The van der Waals surface area contributed by atoms with Crippen LogP contribution in [-0.4, -0.2) is 48.3 Å². The first-order chi connectivity index (χ1) is 22.4. The van der Waals surface area contributed by atoms with E-state index in [-0.39, 0.29) is 24.9 Å². The first-order valence-electron chi connectivity index (χ1n) is 15.5. The molecule has 2 amide bonds. The topological polar surface area (TPSA) is 136 Å². The summed E-state index contributed by atoms with van der Waals surface area (Å²) in [5.74, 6) is 1.45. The van der Waals surface area contributed by atoms with Crippen LogP contribution in [0.15, 0.2) is 82.2 Å². The second kappa shape index (κ2) is 10.9. The minimum Gasteiger partial charge on any atom is -0.474 e. The second-order valence-corrected chi connectivity index (χ2v) is 12.3. The Kier molecular flexibility index (Phi) is 6.70. The Morgan fingerprint density at radius 3 is 2.70 bits per heavy atom. The van der Waals surface area contributed by atoms with E-state index in [0.29, 0.717) is 42.1 Å². The molecule has 1 unspecified atom stereocenters. The van der Waals surface area contributed by atoms with E-state index < -0.39 is 29.8 Å². The Balaban J connectivity index is 1.26. The maximum Gasteiger partial charge on any atom is 0.408 e. The van der Waals surface area contributed by atoms with Gasteiger partial charge in [-0.2, -0.15) is 0 Å². The summed E-state index contributed by atoms with van der Waals surface area (Å²) >= 11 is 0. The molecule has 1 aromatic heterocycles. The molecule has 5 heterocycles. The fraction of sp³-hybridized carbons (Fsp3) is 0.314. The van der Waals surface area contributed by atoms with Gasteiger partial charge in [-0.3, -0.25) is 4.79 Å². The number of aromatic nitrogens is 1. The van der Waals surface area contributed by atoms with Gasteiger partial charge in [-0.1, -0.05) is 74.5 Å². The Morgan fingerprint density at radius 1 is 1.07 bits per heavy atom. The third-order valence-corrected chi connectivity index (χ3v) is 9.03. The molecule has 4 bridgehead atoms. The van der Waals surface area contributed by atoms with E-state index in [4.69, 9.17) is 23.6 Å². The van der Waals surface area contributed by atoms with Crippen molar-refractivity contribution in [2.45, 2.75) is 50.6 Å². The average Bonchev–Trinajstić information content (AvgIpc) is 3.85. The van der Waals surface area contributed by atoms with Crippen molar-refractivity contribution in [3.05, 3.63) is 112 Å². The van der Waals surface area contributed by atoms with Gasteiger partial charge in [-0.15, -0.1) is 0 Å². The number of carbonyl (C=O) groups excluding carboxylic acids is 2. The van der Waals surface area contributed by atoms with Crippen LogP contribution in [0.5, 0.6) is 5.75 Å². The first kappa shape index (κ1) is 28.2. The maximum atomic E-state index is 14.0. The number of benzene rings is 3. The highest BCUT2D eigenvalue weighted by atomic mass is 16.5. The summed E-state index contributed by atoms with van der Waals surface area (Å²) in [6.07, 6.45) is -1.01. The van der Waals surface area contributed by atoms with Crippen LogP contribution in [-0.2, 0) is 32.7 Å². The van der Waals surface area contributed by atoms with Crippen molar-refractivity contribution < 1.29 is 28.2 Å². The van der Waals surface area contributed by atoms with Crippen LogP contribution >= 0.6 is 0 Å². The number of hydrogen-bond acceptors (Lipinski definition) is 9. The van der Waals surface area contributed by atoms with E-state index in [0.717, 1.165) is 27.9 Å². The van der Waals surface area contributed by atoms with Gasteiger partial charge in [0.25, 0.3) is 0 Å². The van der Waals surface area contributed by atoms with Crippen molar-refractivity contribution in [2.75, 3.05) is 18.5 Å². The van der Waals surface area contributed by atoms with Gasteiger partial charge in [0, 0.05) is 17.7 Å². The Morgan fingerprint density at radius 2 is 1.89 bits per heavy atom. The van der Waals surface area contributed by atoms with Crippen molar-refractivity contribution in [3.63, 3.8) is 0 Å². The van der Waals surface area contributed by atoms with Crippen LogP contribution in [0.1, 0.15) is 59.5 Å². The monoisotopic (exact) mass is 619 g/mol. The third-order valence-electron chi connectivity index (χ3n) is 9.03. The normalized spacial score (nSPS) is 23.8. The van der Waals surface area contributed by atoms with Gasteiger partial charge >= 0.3 is 6.09 Å². The summed E-state index contributed by atoms with van der Waals surface area (Å²) in [4.78, 5) is 36.6. The number of carbonyl (C=O) groups is 2. The maximum absolute atomic E-state index is 14.0. The molecule has 234 valence electrons. The number of nitrogens with one attached hydrogen (secondary N) is 3. The summed E-state index contributed by atoms with van der Waals surface area (Å²) in [6, 6.07) is 21.7. The highest BCUT2D eigenvalue weighted by molar-refractivity contribution is 5.95. The molecule has 1 spiro atoms. The van der Waals surface area contributed by atoms with Gasteiger partial charge in [-0.05, 0) is 34.7 Å². The van der Waals surface area contributed by atoms with Crippen LogP contribution in [0.4, 0.5) is 10.5 Å². The lowest BCUT2D eigenvalue weighted by atomic mass is 9.72. The molecule has 4 aliphatic heterocycles. The lowest BCUT2D eigenvalue weighted by molar-refractivity contribution is -0.124. The molecule has 0 fully saturated rings. The average molecular weight is 620 g/mol. The van der Waals surface area contributed by atoms with Crippen LogP contribution in [0.2, 0.25) is 0 Å². The van der Waals surface area contributed by atoms with E-state index in [9.17, 15) is 9.59 Å². The summed E-state index contributed by atoms with van der Waals surface area (Å²) in [6.45, 7) is 4.99. The molecule has 3 aromatic carbocycles. The number of anilines is 1. The molecule has 0 radical (unpaired) electrons. The largest absolute Gasteiger partial charge is 0.474 e. The van der Waals surface area contributed by atoms with Gasteiger partial charge in [0.2, 0.25) is 17.7 Å². The van der Waals surface area contributed by atoms with Crippen molar-refractivity contribution in [3.8, 4) is 5.75 Å². The molecular formula is C35H33N5O6. The lowest BCUT2D eigenvalue weighted by Gasteiger charge is -2.28. The molecule has 4 atom stereocenters. The quantitative estimate of drug-likeness (QED) is 0.295. The number of oxazole rings is 1. The summed E-state index contributed by atoms with van der Waals surface area (Å²) in [5.41, 5.74) is 3.98. The van der Waals surface area contributed by atoms with Gasteiger partial charge < -0.3 is 34.6 Å². The van der Waals surface area contributed by atoms with Gasteiger partial charge in [0.1, 0.15) is 36.5 Å². The number of ether oxygens (including phenoxy) is 3. The molecule has 0 aliphatic carbocycles. The number of nitrogens with zero attached hydrogens (tertiary/aromatic N) is 2. The van der Waals surface area contributed by atoms with E-state index in [1.54, 1.807) is 0 Å². The zero-order valence-electron chi connectivity index (χ0n) is 25.4. The zero-order valence-corrected chi connectivity index (χ0v) is 25.4. The summed E-state index contributed by atoms with van der Waals surface area (Å²) in [7, 11) is 0. The Hall–Kier alpha value is -5.32. The van der Waals surface area contributed by atoms with Gasteiger partial charge in [0.05, 0.1) is 6.54 Å². The second-order valence-electron chi connectivity index (χ2n) is 12.3. The molecule has 3 N–H and O–H groups in total. The predicted octanol–water partition coefficient (Wildman–Crippen LogP) is 4.59. The molecule has 0 saturated heterocycles. The number of rotatable bonds is 5. The van der Waals surface area contributed by atoms with E-state index in [1.165, 1.54) is 0 Å². The van der Waals surface area contributed by atoms with Crippen molar-refractivity contribution in [1.29, 1.82) is 0 Å². The number of amides is 2. The highest BCUT2D eigenvalue weighted by Gasteiger charge is 2.61. The number of alkyl carbamates (subject to hydrolysis) is 1. The molecule has 8 rings (SSSR count). The van der Waals surface area contributed by atoms with Gasteiger partial charge in [0.15, 0.2) is 17.7 Å². The molecule has 11 nitrogen and oxygen atoms in total. The summed E-state index contributed by atoms with van der Waals surface area (Å²) in [5, 5.41) is 9.49. The number of aliphatic imine (C=N–C) groups is 1. The van der Waals surface area contributed by atoms with Crippen molar-refractivity contribution in [2.24, 2.45) is 10.9 Å². The molecule has 46 heavy (non-hydrogen) atoms. The number of hydrogen-bond donors (Lipinski definition) is 3. The van der Waals surface area contributed by atoms with Crippen LogP contribution in [0.3, 0.4) is 0 Å². The van der Waals surface area contributed by atoms with Crippen LogP contribution in [0.25, 0.3) is 0 Å². The van der Waals surface area contributed by atoms with E-state index >= 15 is 0 Å². The molecule has 4 aliphatic rings. The summed E-state index contributed by atoms with van der Waals surface area (Å²) < 4.78 is 24.9. The Labute approximate surface area is 265 Å². The molecule has 0 saturated carbocycles. The minimum atomic E-state index is -0.943.